The Morgan fingerprint density at radius 3 is 2.73 bits per heavy atom. The smallest absolute Gasteiger partial charge is 0.234 e. The van der Waals surface area contributed by atoms with Gasteiger partial charge in [-0.25, -0.2) is 0 Å². The zero-order valence-electron chi connectivity index (χ0n) is 13.1. The van der Waals surface area contributed by atoms with E-state index >= 15 is 0 Å². The van der Waals surface area contributed by atoms with E-state index in [1.165, 1.54) is 0 Å². The number of furan rings is 1. The third-order valence-electron chi connectivity index (χ3n) is 3.68. The molecule has 1 aromatic carbocycles. The number of aryl methyl sites for hydroxylation is 1. The van der Waals surface area contributed by atoms with E-state index < -0.39 is 0 Å². The molecule has 1 atom stereocenters. The van der Waals surface area contributed by atoms with Gasteiger partial charge in [0, 0.05) is 5.39 Å². The second-order valence-electron chi connectivity index (χ2n) is 5.62. The first-order valence-electron chi connectivity index (χ1n) is 7.39. The summed E-state index contributed by atoms with van der Waals surface area (Å²) in [4.78, 5) is 11.7. The molecule has 0 saturated heterocycles. The molecular weight excluding hydrogens is 278 g/mol. The van der Waals surface area contributed by atoms with Crippen LogP contribution in [0.4, 0.5) is 0 Å². The SMILES string of the molecule is Cc1c(C(NCC(=O)NCC#N)C(C)C)oc2ccccc12. The minimum Gasteiger partial charge on any atom is -0.459 e. The van der Waals surface area contributed by atoms with Crippen molar-refractivity contribution in [2.75, 3.05) is 13.1 Å². The number of carbonyl (C=O) groups is 1. The lowest BCUT2D eigenvalue weighted by Gasteiger charge is -2.21. The maximum absolute atomic E-state index is 11.7. The van der Waals surface area contributed by atoms with Gasteiger partial charge in [-0.1, -0.05) is 32.0 Å². The summed E-state index contributed by atoms with van der Waals surface area (Å²) in [6.45, 7) is 6.38. The van der Waals surface area contributed by atoms with Gasteiger partial charge in [-0.05, 0) is 24.5 Å². The summed E-state index contributed by atoms with van der Waals surface area (Å²) in [6, 6.07) is 9.75. The van der Waals surface area contributed by atoms with Crippen molar-refractivity contribution >= 4 is 16.9 Å². The number of nitrogens with one attached hydrogen (secondary N) is 2. The number of hydrogen-bond acceptors (Lipinski definition) is 4. The van der Waals surface area contributed by atoms with Gasteiger partial charge in [0.15, 0.2) is 0 Å². The fraction of sp³-hybridized carbons (Fsp3) is 0.412. The molecule has 0 radical (unpaired) electrons. The largest absolute Gasteiger partial charge is 0.459 e. The Morgan fingerprint density at radius 2 is 2.09 bits per heavy atom. The van der Waals surface area contributed by atoms with Gasteiger partial charge < -0.3 is 9.73 Å². The summed E-state index contributed by atoms with van der Waals surface area (Å²) in [6.07, 6.45) is 0. The van der Waals surface area contributed by atoms with Crippen molar-refractivity contribution in [2.24, 2.45) is 5.92 Å². The quantitative estimate of drug-likeness (QED) is 0.804. The minimum atomic E-state index is -0.194. The van der Waals surface area contributed by atoms with Gasteiger partial charge in [0.2, 0.25) is 5.91 Å². The molecule has 0 aliphatic carbocycles. The predicted molar refractivity (Wildman–Crippen MR) is 85.2 cm³/mol. The number of fused-ring (bicyclic) bond motifs is 1. The first-order chi connectivity index (χ1) is 10.5. The maximum atomic E-state index is 11.7. The van der Waals surface area contributed by atoms with Crippen molar-refractivity contribution in [1.82, 2.24) is 10.6 Å². The van der Waals surface area contributed by atoms with Gasteiger partial charge in [-0.15, -0.1) is 0 Å². The van der Waals surface area contributed by atoms with Gasteiger partial charge in [0.25, 0.3) is 0 Å². The molecule has 1 amide bonds. The van der Waals surface area contributed by atoms with Crippen LogP contribution in [-0.2, 0) is 4.79 Å². The van der Waals surface area contributed by atoms with E-state index in [9.17, 15) is 4.79 Å². The van der Waals surface area contributed by atoms with Crippen LogP contribution >= 0.6 is 0 Å². The van der Waals surface area contributed by atoms with Crippen LogP contribution < -0.4 is 10.6 Å². The minimum absolute atomic E-state index is 0.0243. The Balaban J connectivity index is 2.18. The summed E-state index contributed by atoms with van der Waals surface area (Å²) in [7, 11) is 0. The van der Waals surface area contributed by atoms with Gasteiger partial charge in [-0.2, -0.15) is 5.26 Å². The number of amides is 1. The molecule has 116 valence electrons. The molecule has 0 spiro atoms. The molecule has 5 heteroatoms. The molecule has 22 heavy (non-hydrogen) atoms. The predicted octanol–water partition coefficient (Wildman–Crippen LogP) is 2.67. The monoisotopic (exact) mass is 299 g/mol. The second-order valence-corrected chi connectivity index (χ2v) is 5.62. The highest BCUT2D eigenvalue weighted by atomic mass is 16.3. The van der Waals surface area contributed by atoms with E-state index in [2.05, 4.69) is 24.5 Å². The van der Waals surface area contributed by atoms with Crippen LogP contribution in [0.3, 0.4) is 0 Å². The number of carbonyl (C=O) groups excluding carboxylic acids is 1. The molecule has 5 nitrogen and oxygen atoms in total. The highest BCUT2D eigenvalue weighted by Crippen LogP contribution is 2.32. The van der Waals surface area contributed by atoms with Crippen LogP contribution in [0.15, 0.2) is 28.7 Å². The third kappa shape index (κ3) is 3.46. The third-order valence-corrected chi connectivity index (χ3v) is 3.68. The summed E-state index contributed by atoms with van der Waals surface area (Å²) in [5.74, 6) is 0.938. The number of nitrogens with zero attached hydrogens (tertiary/aromatic N) is 1. The van der Waals surface area contributed by atoms with Crippen LogP contribution in [0.2, 0.25) is 0 Å². The molecule has 0 fully saturated rings. The highest BCUT2D eigenvalue weighted by Gasteiger charge is 2.23. The average molecular weight is 299 g/mol. The fourth-order valence-corrected chi connectivity index (χ4v) is 2.52. The van der Waals surface area contributed by atoms with Crippen LogP contribution in [0, 0.1) is 24.2 Å². The first kappa shape index (κ1) is 16.1. The van der Waals surface area contributed by atoms with E-state index in [-0.39, 0.29) is 31.0 Å². The van der Waals surface area contributed by atoms with Crippen LogP contribution in [0.5, 0.6) is 0 Å². The Kier molecular flexibility index (Phi) is 5.18. The number of nitriles is 1. The summed E-state index contributed by atoms with van der Waals surface area (Å²) in [5.41, 5.74) is 1.95. The molecule has 1 unspecified atom stereocenters. The van der Waals surface area contributed by atoms with E-state index in [1.54, 1.807) is 0 Å². The summed E-state index contributed by atoms with van der Waals surface area (Å²) >= 11 is 0. The number of benzene rings is 1. The molecule has 0 aliphatic rings. The first-order valence-corrected chi connectivity index (χ1v) is 7.39. The van der Waals surface area contributed by atoms with Gasteiger partial charge >= 0.3 is 0 Å². The molecule has 1 aromatic heterocycles. The van der Waals surface area contributed by atoms with Crippen molar-refractivity contribution in [1.29, 1.82) is 5.26 Å². The average Bonchev–Trinajstić information content (AvgIpc) is 2.83. The molecule has 2 rings (SSSR count). The molecule has 1 heterocycles. The van der Waals surface area contributed by atoms with Crippen LogP contribution in [0.1, 0.15) is 31.2 Å². The zero-order chi connectivity index (χ0) is 16.1. The van der Waals surface area contributed by atoms with Crippen LogP contribution in [0.25, 0.3) is 11.0 Å². The van der Waals surface area contributed by atoms with E-state index in [1.807, 2.05) is 37.3 Å². The molecule has 0 aliphatic heterocycles. The second kappa shape index (κ2) is 7.10. The molecule has 2 N–H and O–H groups in total. The topological polar surface area (TPSA) is 78.1 Å². The standard InChI is InChI=1S/C17H21N3O2/c1-11(2)16(20-10-15(21)19-9-8-18)17-12(3)13-6-4-5-7-14(13)22-17/h4-7,11,16,20H,9-10H2,1-3H3,(H,19,21). The van der Waals surface area contributed by atoms with Crippen molar-refractivity contribution < 1.29 is 9.21 Å². The molecule has 0 saturated carbocycles. The fourth-order valence-electron chi connectivity index (χ4n) is 2.52. The Labute approximate surface area is 130 Å². The van der Waals surface area contributed by atoms with Gasteiger partial charge in [0.05, 0.1) is 18.7 Å². The van der Waals surface area contributed by atoms with Crippen molar-refractivity contribution in [3.05, 3.63) is 35.6 Å². The molecule has 2 aromatic rings. The van der Waals surface area contributed by atoms with Gasteiger partial charge in [0.1, 0.15) is 17.9 Å². The zero-order valence-corrected chi connectivity index (χ0v) is 13.1. The summed E-state index contributed by atoms with van der Waals surface area (Å²) < 4.78 is 5.99. The summed E-state index contributed by atoms with van der Waals surface area (Å²) in [5, 5.41) is 15.3. The Hall–Kier alpha value is -2.32. The Bertz CT molecular complexity index is 697. The van der Waals surface area contributed by atoms with E-state index in [4.69, 9.17) is 9.68 Å². The van der Waals surface area contributed by atoms with Crippen LogP contribution in [-0.4, -0.2) is 19.0 Å². The van der Waals surface area contributed by atoms with Crippen molar-refractivity contribution in [3.63, 3.8) is 0 Å². The number of rotatable bonds is 6. The number of hydrogen-bond donors (Lipinski definition) is 2. The lowest BCUT2D eigenvalue weighted by molar-refractivity contribution is -0.120. The maximum Gasteiger partial charge on any atom is 0.234 e. The lowest BCUT2D eigenvalue weighted by atomic mass is 9.98. The lowest BCUT2D eigenvalue weighted by Crippen LogP contribution is -2.37. The van der Waals surface area contributed by atoms with E-state index in [0.717, 1.165) is 22.3 Å². The van der Waals surface area contributed by atoms with Crippen molar-refractivity contribution in [2.45, 2.75) is 26.8 Å². The highest BCUT2D eigenvalue weighted by molar-refractivity contribution is 5.82. The molecular formula is C17H21N3O2. The molecule has 0 bridgehead atoms. The van der Waals surface area contributed by atoms with E-state index in [0.29, 0.717) is 0 Å². The normalized spacial score (nSPS) is 12.3. The number of para-hydroxylation sites is 1. The Morgan fingerprint density at radius 1 is 1.36 bits per heavy atom. The van der Waals surface area contributed by atoms with Crippen molar-refractivity contribution in [3.8, 4) is 6.07 Å². The van der Waals surface area contributed by atoms with Gasteiger partial charge in [-0.3, -0.25) is 10.1 Å².